The molecule has 0 spiro atoms. The molecule has 1 aromatic carbocycles. The van der Waals surface area contributed by atoms with Gasteiger partial charge in [0.05, 0.1) is 39.1 Å². The molecule has 1 heterocycles. The van der Waals surface area contributed by atoms with Crippen LogP contribution >= 0.6 is 0 Å². The van der Waals surface area contributed by atoms with Gasteiger partial charge in [0.25, 0.3) is 0 Å². The van der Waals surface area contributed by atoms with Crippen LogP contribution in [0, 0.1) is 0 Å². The van der Waals surface area contributed by atoms with Crippen LogP contribution < -0.4 is 5.32 Å². The highest BCUT2D eigenvalue weighted by Crippen LogP contribution is 2.13. The number of amides is 2. The van der Waals surface area contributed by atoms with Crippen LogP contribution in [-0.2, 0) is 20.8 Å². The number of nitrogens with one attached hydrogen (secondary N) is 1. The fraction of sp³-hybridized carbons (Fsp3) is 0.588. The molecule has 1 fully saturated rings. The Morgan fingerprint density at radius 1 is 1.30 bits per heavy atom. The van der Waals surface area contributed by atoms with Gasteiger partial charge in [-0.25, -0.2) is 4.79 Å². The minimum atomic E-state index is -0.0864. The number of hydrogen-bond acceptors (Lipinski definition) is 4. The Morgan fingerprint density at radius 3 is 2.83 bits per heavy atom. The van der Waals surface area contributed by atoms with Gasteiger partial charge in [0.1, 0.15) is 0 Å². The number of nitrogens with zero attached hydrogens (tertiary/aromatic N) is 1. The molecule has 1 aliphatic heterocycles. The molecule has 0 saturated carbocycles. The number of anilines is 1. The molecule has 0 aromatic heterocycles. The molecule has 0 atom stereocenters. The quantitative estimate of drug-likeness (QED) is 0.784. The molecule has 1 aliphatic rings. The number of benzene rings is 1. The molecule has 1 saturated heterocycles. The fourth-order valence-corrected chi connectivity index (χ4v) is 2.24. The van der Waals surface area contributed by atoms with Crippen LogP contribution in [0.25, 0.3) is 0 Å². The molecule has 2 amide bonds. The Labute approximate surface area is 137 Å². The summed E-state index contributed by atoms with van der Waals surface area (Å²) in [6.07, 6.45) is 0.220. The van der Waals surface area contributed by atoms with Gasteiger partial charge in [-0.1, -0.05) is 12.1 Å². The van der Waals surface area contributed by atoms with Crippen molar-refractivity contribution in [2.45, 2.75) is 26.6 Å². The van der Waals surface area contributed by atoms with E-state index in [1.54, 1.807) is 4.90 Å². The summed E-state index contributed by atoms with van der Waals surface area (Å²) in [6, 6.07) is 7.62. The van der Waals surface area contributed by atoms with E-state index in [0.717, 1.165) is 11.3 Å². The number of urea groups is 1. The van der Waals surface area contributed by atoms with Gasteiger partial charge in [-0.15, -0.1) is 0 Å². The summed E-state index contributed by atoms with van der Waals surface area (Å²) >= 11 is 0. The van der Waals surface area contributed by atoms with Gasteiger partial charge in [0.15, 0.2) is 0 Å². The highest BCUT2D eigenvalue weighted by Gasteiger charge is 2.16. The zero-order chi connectivity index (χ0) is 16.5. The van der Waals surface area contributed by atoms with Gasteiger partial charge in [-0.3, -0.25) is 0 Å². The van der Waals surface area contributed by atoms with E-state index in [1.807, 2.05) is 38.1 Å². The highest BCUT2D eigenvalue weighted by atomic mass is 16.5. The van der Waals surface area contributed by atoms with Gasteiger partial charge in [-0.05, 0) is 31.5 Å². The lowest BCUT2D eigenvalue weighted by atomic mass is 10.2. The van der Waals surface area contributed by atoms with Gasteiger partial charge in [0, 0.05) is 18.8 Å². The summed E-state index contributed by atoms with van der Waals surface area (Å²) in [6.45, 7) is 8.10. The smallest absolute Gasteiger partial charge is 0.321 e. The van der Waals surface area contributed by atoms with Crippen molar-refractivity contribution in [3.05, 3.63) is 29.8 Å². The first-order valence-electron chi connectivity index (χ1n) is 8.07. The van der Waals surface area contributed by atoms with Crippen molar-refractivity contribution in [2.75, 3.05) is 44.8 Å². The summed E-state index contributed by atoms with van der Waals surface area (Å²) in [5.41, 5.74) is 1.80. The van der Waals surface area contributed by atoms with Crippen molar-refractivity contribution >= 4 is 11.7 Å². The van der Waals surface area contributed by atoms with Crippen LogP contribution in [0.2, 0.25) is 0 Å². The minimum absolute atomic E-state index is 0.0864. The Kier molecular flexibility index (Phi) is 7.32. The van der Waals surface area contributed by atoms with Crippen molar-refractivity contribution in [3.8, 4) is 0 Å². The lowest BCUT2D eigenvalue weighted by molar-refractivity contribution is 0.0143. The zero-order valence-corrected chi connectivity index (χ0v) is 13.9. The number of ether oxygens (including phenoxy) is 3. The molecule has 128 valence electrons. The predicted octanol–water partition coefficient (Wildman–Crippen LogP) is 2.49. The Hall–Kier alpha value is -1.63. The van der Waals surface area contributed by atoms with Crippen LogP contribution in [-0.4, -0.2) is 56.6 Å². The summed E-state index contributed by atoms with van der Waals surface area (Å²) in [5.74, 6) is 0. The SMILES string of the molecule is CC(C)OCCOCc1cccc(NC(=O)N2CCOCC2)c1. The number of rotatable bonds is 7. The summed E-state index contributed by atoms with van der Waals surface area (Å²) in [5, 5.41) is 2.92. The van der Waals surface area contributed by atoms with E-state index in [4.69, 9.17) is 14.2 Å². The summed E-state index contributed by atoms with van der Waals surface area (Å²) < 4.78 is 16.3. The number of morpholine rings is 1. The molecular formula is C17H26N2O4. The van der Waals surface area contributed by atoms with Crippen LogP contribution in [0.15, 0.2) is 24.3 Å². The first-order valence-corrected chi connectivity index (χ1v) is 8.07. The van der Waals surface area contributed by atoms with E-state index in [-0.39, 0.29) is 12.1 Å². The van der Waals surface area contributed by atoms with Crippen LogP contribution in [0.3, 0.4) is 0 Å². The molecule has 0 radical (unpaired) electrons. The van der Waals surface area contributed by atoms with Crippen molar-refractivity contribution < 1.29 is 19.0 Å². The lowest BCUT2D eigenvalue weighted by Gasteiger charge is -2.27. The minimum Gasteiger partial charge on any atom is -0.378 e. The standard InChI is InChI=1S/C17H26N2O4/c1-14(2)23-11-10-22-13-15-4-3-5-16(12-15)18-17(20)19-6-8-21-9-7-19/h3-5,12,14H,6-11,13H2,1-2H3,(H,18,20). The van der Waals surface area contributed by atoms with Gasteiger partial charge >= 0.3 is 6.03 Å². The summed E-state index contributed by atoms with van der Waals surface area (Å²) in [7, 11) is 0. The second-order valence-corrected chi connectivity index (χ2v) is 5.70. The van der Waals surface area contributed by atoms with E-state index in [2.05, 4.69) is 5.32 Å². The van der Waals surface area contributed by atoms with Crippen molar-refractivity contribution in [1.82, 2.24) is 4.90 Å². The van der Waals surface area contributed by atoms with Crippen LogP contribution in [0.1, 0.15) is 19.4 Å². The Bertz CT molecular complexity index is 487. The van der Waals surface area contributed by atoms with E-state index < -0.39 is 0 Å². The third kappa shape index (κ3) is 6.56. The Balaban J connectivity index is 1.76. The predicted molar refractivity (Wildman–Crippen MR) is 88.6 cm³/mol. The molecule has 1 N–H and O–H groups in total. The van der Waals surface area contributed by atoms with E-state index >= 15 is 0 Å². The average molecular weight is 322 g/mol. The topological polar surface area (TPSA) is 60.0 Å². The van der Waals surface area contributed by atoms with Crippen molar-refractivity contribution in [2.24, 2.45) is 0 Å². The van der Waals surface area contributed by atoms with E-state index in [0.29, 0.717) is 46.1 Å². The van der Waals surface area contributed by atoms with Crippen LogP contribution in [0.4, 0.5) is 10.5 Å². The number of carbonyl (C=O) groups is 1. The second kappa shape index (κ2) is 9.50. The molecule has 6 nitrogen and oxygen atoms in total. The number of hydrogen-bond donors (Lipinski definition) is 1. The van der Waals surface area contributed by atoms with E-state index in [9.17, 15) is 4.79 Å². The molecule has 23 heavy (non-hydrogen) atoms. The van der Waals surface area contributed by atoms with Gasteiger partial charge < -0.3 is 24.4 Å². The molecule has 0 aliphatic carbocycles. The van der Waals surface area contributed by atoms with Crippen LogP contribution in [0.5, 0.6) is 0 Å². The van der Waals surface area contributed by atoms with Crippen molar-refractivity contribution in [1.29, 1.82) is 0 Å². The maximum absolute atomic E-state index is 12.2. The third-order valence-corrected chi connectivity index (χ3v) is 3.42. The first-order chi connectivity index (χ1) is 11.1. The maximum atomic E-state index is 12.2. The molecule has 0 bridgehead atoms. The third-order valence-electron chi connectivity index (χ3n) is 3.42. The van der Waals surface area contributed by atoms with Gasteiger partial charge in [0.2, 0.25) is 0 Å². The lowest BCUT2D eigenvalue weighted by Crippen LogP contribution is -2.43. The van der Waals surface area contributed by atoms with E-state index in [1.165, 1.54) is 0 Å². The number of carbonyl (C=O) groups excluding carboxylic acids is 1. The van der Waals surface area contributed by atoms with Crippen molar-refractivity contribution in [3.63, 3.8) is 0 Å². The normalized spacial score (nSPS) is 15.0. The van der Waals surface area contributed by atoms with Gasteiger partial charge in [-0.2, -0.15) is 0 Å². The highest BCUT2D eigenvalue weighted by molar-refractivity contribution is 5.89. The Morgan fingerprint density at radius 2 is 2.09 bits per heavy atom. The largest absolute Gasteiger partial charge is 0.378 e. The monoisotopic (exact) mass is 322 g/mol. The average Bonchev–Trinajstić information content (AvgIpc) is 2.55. The molecule has 2 rings (SSSR count). The molecule has 1 aromatic rings. The second-order valence-electron chi connectivity index (χ2n) is 5.70. The maximum Gasteiger partial charge on any atom is 0.321 e. The molecular weight excluding hydrogens is 296 g/mol. The fourth-order valence-electron chi connectivity index (χ4n) is 2.24. The molecule has 6 heteroatoms. The summed E-state index contributed by atoms with van der Waals surface area (Å²) in [4.78, 5) is 13.9. The first kappa shape index (κ1) is 17.7. The zero-order valence-electron chi connectivity index (χ0n) is 13.9. The molecule has 0 unspecified atom stereocenters.